The van der Waals surface area contributed by atoms with Gasteiger partial charge < -0.3 is 10.1 Å². The molecule has 0 radical (unpaired) electrons. The summed E-state index contributed by atoms with van der Waals surface area (Å²) in [6, 6.07) is 6.13. The topological polar surface area (TPSA) is 47.0 Å². The van der Waals surface area contributed by atoms with Gasteiger partial charge in [0.25, 0.3) is 0 Å². The molecule has 2 aromatic rings. The molecule has 1 unspecified atom stereocenters. The Morgan fingerprint density at radius 1 is 1.15 bits per heavy atom. The second-order valence-corrected chi connectivity index (χ2v) is 4.90. The maximum Gasteiger partial charge on any atom is 0.138 e. The van der Waals surface area contributed by atoms with Crippen LogP contribution in [0.15, 0.2) is 43.0 Å². The maximum atomic E-state index is 5.71. The summed E-state index contributed by atoms with van der Waals surface area (Å²) < 4.78 is 5.71. The first-order chi connectivity index (χ1) is 9.70. The molecule has 0 aromatic carbocycles. The monoisotopic (exact) mass is 271 g/mol. The van der Waals surface area contributed by atoms with Crippen LogP contribution in [0.3, 0.4) is 0 Å². The van der Waals surface area contributed by atoms with Crippen LogP contribution in [-0.2, 0) is 0 Å². The van der Waals surface area contributed by atoms with Crippen LogP contribution < -0.4 is 10.1 Å². The van der Waals surface area contributed by atoms with Crippen molar-refractivity contribution in [2.45, 2.75) is 32.9 Å². The molecule has 4 heteroatoms. The van der Waals surface area contributed by atoms with Gasteiger partial charge in [-0.3, -0.25) is 9.97 Å². The molecule has 0 aliphatic rings. The van der Waals surface area contributed by atoms with Crippen molar-refractivity contribution in [1.29, 1.82) is 0 Å². The third-order valence-corrected chi connectivity index (χ3v) is 2.87. The molecule has 0 aliphatic heterocycles. The Morgan fingerprint density at radius 2 is 1.95 bits per heavy atom. The Morgan fingerprint density at radius 3 is 2.60 bits per heavy atom. The lowest BCUT2D eigenvalue weighted by Crippen LogP contribution is -2.22. The van der Waals surface area contributed by atoms with Crippen LogP contribution in [-0.4, -0.2) is 22.6 Å². The van der Waals surface area contributed by atoms with Crippen LogP contribution in [0.4, 0.5) is 0 Å². The molecule has 0 spiro atoms. The molecule has 1 atom stereocenters. The fourth-order valence-electron chi connectivity index (χ4n) is 2.11. The van der Waals surface area contributed by atoms with Crippen molar-refractivity contribution in [1.82, 2.24) is 15.3 Å². The first kappa shape index (κ1) is 14.5. The summed E-state index contributed by atoms with van der Waals surface area (Å²) in [4.78, 5) is 8.47. The summed E-state index contributed by atoms with van der Waals surface area (Å²) in [6.45, 7) is 6.98. The van der Waals surface area contributed by atoms with E-state index in [9.17, 15) is 0 Å². The minimum atomic E-state index is 0.0805. The number of hydrogen-bond acceptors (Lipinski definition) is 4. The van der Waals surface area contributed by atoms with Gasteiger partial charge in [-0.15, -0.1) is 0 Å². The second kappa shape index (κ2) is 7.01. The summed E-state index contributed by atoms with van der Waals surface area (Å²) in [6.07, 6.45) is 7.42. The minimum absolute atomic E-state index is 0.0805. The van der Waals surface area contributed by atoms with E-state index in [1.54, 1.807) is 12.4 Å². The number of pyridine rings is 2. The first-order valence-electron chi connectivity index (χ1n) is 6.95. The Labute approximate surface area is 120 Å². The molecule has 2 heterocycles. The molecule has 0 bridgehead atoms. The molecule has 2 aromatic heterocycles. The molecular weight excluding hydrogens is 250 g/mol. The SMILES string of the molecule is CCNC(c1cccnc1)c1cncc(OC(C)C)c1. The molecule has 2 rings (SSSR count). The summed E-state index contributed by atoms with van der Waals surface area (Å²) in [7, 11) is 0. The van der Waals surface area contributed by atoms with Crippen LogP contribution >= 0.6 is 0 Å². The van der Waals surface area contributed by atoms with Crippen molar-refractivity contribution < 1.29 is 4.74 Å². The van der Waals surface area contributed by atoms with E-state index in [1.807, 2.05) is 38.4 Å². The fraction of sp³-hybridized carbons (Fsp3) is 0.375. The lowest BCUT2D eigenvalue weighted by atomic mass is 10.0. The van der Waals surface area contributed by atoms with Crippen LogP contribution in [0.5, 0.6) is 5.75 Å². The highest BCUT2D eigenvalue weighted by Gasteiger charge is 2.14. The van der Waals surface area contributed by atoms with E-state index >= 15 is 0 Å². The molecular formula is C16H21N3O. The Bertz CT molecular complexity index is 528. The average molecular weight is 271 g/mol. The van der Waals surface area contributed by atoms with Gasteiger partial charge in [0.15, 0.2) is 0 Å². The number of ether oxygens (including phenoxy) is 1. The molecule has 106 valence electrons. The van der Waals surface area contributed by atoms with Crippen molar-refractivity contribution in [3.63, 3.8) is 0 Å². The Hall–Kier alpha value is -1.94. The lowest BCUT2D eigenvalue weighted by molar-refractivity contribution is 0.241. The first-order valence-corrected chi connectivity index (χ1v) is 6.95. The maximum absolute atomic E-state index is 5.71. The molecule has 0 fully saturated rings. The number of nitrogens with zero attached hydrogens (tertiary/aromatic N) is 2. The smallest absolute Gasteiger partial charge is 0.138 e. The van der Waals surface area contributed by atoms with Crippen molar-refractivity contribution in [3.05, 3.63) is 54.1 Å². The summed E-state index contributed by atoms with van der Waals surface area (Å²) in [5.74, 6) is 0.796. The molecule has 0 amide bonds. The third-order valence-electron chi connectivity index (χ3n) is 2.87. The van der Waals surface area contributed by atoms with Gasteiger partial charge in [-0.25, -0.2) is 0 Å². The lowest BCUT2D eigenvalue weighted by Gasteiger charge is -2.19. The molecule has 0 saturated carbocycles. The summed E-state index contributed by atoms with van der Waals surface area (Å²) >= 11 is 0. The quantitative estimate of drug-likeness (QED) is 0.877. The van der Waals surface area contributed by atoms with E-state index in [1.165, 1.54) is 0 Å². The second-order valence-electron chi connectivity index (χ2n) is 4.90. The van der Waals surface area contributed by atoms with Crippen LogP contribution in [0.25, 0.3) is 0 Å². The van der Waals surface area contributed by atoms with Gasteiger partial charge in [0.2, 0.25) is 0 Å². The predicted octanol–water partition coefficient (Wildman–Crippen LogP) is 2.96. The highest BCUT2D eigenvalue weighted by Crippen LogP contribution is 2.24. The largest absolute Gasteiger partial charge is 0.489 e. The minimum Gasteiger partial charge on any atom is -0.489 e. The van der Waals surface area contributed by atoms with Gasteiger partial charge in [-0.1, -0.05) is 13.0 Å². The normalized spacial score (nSPS) is 12.4. The highest BCUT2D eigenvalue weighted by atomic mass is 16.5. The van der Waals surface area contributed by atoms with Crippen molar-refractivity contribution in [2.75, 3.05) is 6.54 Å². The molecule has 0 aliphatic carbocycles. The van der Waals surface area contributed by atoms with Gasteiger partial charge >= 0.3 is 0 Å². The zero-order chi connectivity index (χ0) is 14.4. The standard InChI is InChI=1S/C16H21N3O/c1-4-19-16(13-6-5-7-17-9-13)14-8-15(11-18-10-14)20-12(2)3/h5-12,16,19H,4H2,1-3H3. The Kier molecular flexibility index (Phi) is 5.07. The van der Waals surface area contributed by atoms with Crippen LogP contribution in [0.2, 0.25) is 0 Å². The van der Waals surface area contributed by atoms with Crippen molar-refractivity contribution in [2.24, 2.45) is 0 Å². The number of rotatable bonds is 6. The van der Waals surface area contributed by atoms with E-state index in [4.69, 9.17) is 4.74 Å². The van der Waals surface area contributed by atoms with E-state index < -0.39 is 0 Å². The highest BCUT2D eigenvalue weighted by molar-refractivity contribution is 5.33. The van der Waals surface area contributed by atoms with Crippen LogP contribution in [0, 0.1) is 0 Å². The number of nitrogens with one attached hydrogen (secondary N) is 1. The number of aromatic nitrogens is 2. The van der Waals surface area contributed by atoms with Gasteiger partial charge in [0.1, 0.15) is 5.75 Å². The predicted molar refractivity (Wildman–Crippen MR) is 79.8 cm³/mol. The van der Waals surface area contributed by atoms with Crippen molar-refractivity contribution in [3.8, 4) is 5.75 Å². The third kappa shape index (κ3) is 3.78. The van der Waals surface area contributed by atoms with Gasteiger partial charge in [0.05, 0.1) is 18.3 Å². The summed E-state index contributed by atoms with van der Waals surface area (Å²) in [5.41, 5.74) is 2.20. The summed E-state index contributed by atoms with van der Waals surface area (Å²) in [5, 5.41) is 3.46. The molecule has 20 heavy (non-hydrogen) atoms. The van der Waals surface area contributed by atoms with Gasteiger partial charge in [-0.2, -0.15) is 0 Å². The van der Waals surface area contributed by atoms with E-state index in [0.717, 1.165) is 23.4 Å². The molecule has 4 nitrogen and oxygen atoms in total. The Balaban J connectivity index is 2.30. The van der Waals surface area contributed by atoms with Gasteiger partial charge in [0, 0.05) is 18.6 Å². The average Bonchev–Trinajstić information content (AvgIpc) is 2.45. The van der Waals surface area contributed by atoms with Crippen molar-refractivity contribution >= 4 is 0 Å². The van der Waals surface area contributed by atoms with Gasteiger partial charge in [-0.05, 0) is 43.7 Å². The fourth-order valence-corrected chi connectivity index (χ4v) is 2.11. The van der Waals surface area contributed by atoms with Crippen LogP contribution in [0.1, 0.15) is 37.9 Å². The molecule has 1 N–H and O–H groups in total. The number of hydrogen-bond donors (Lipinski definition) is 1. The van der Waals surface area contributed by atoms with E-state index in [2.05, 4.69) is 28.3 Å². The van der Waals surface area contributed by atoms with E-state index in [0.29, 0.717) is 0 Å². The zero-order valence-electron chi connectivity index (χ0n) is 12.2. The molecule has 0 saturated heterocycles. The van der Waals surface area contributed by atoms with E-state index in [-0.39, 0.29) is 12.1 Å². The zero-order valence-corrected chi connectivity index (χ0v) is 12.2.